The molecule has 3 nitrogen and oxygen atoms in total. The van der Waals surface area contributed by atoms with Gasteiger partial charge >= 0.3 is 0 Å². The van der Waals surface area contributed by atoms with Crippen LogP contribution in [0.2, 0.25) is 0 Å². The van der Waals surface area contributed by atoms with Gasteiger partial charge < -0.3 is 9.47 Å². The maximum atomic E-state index is 12.7. The number of hydrogen-bond acceptors (Lipinski definition) is 3. The molecule has 1 fully saturated rings. The van der Waals surface area contributed by atoms with Gasteiger partial charge in [0.15, 0.2) is 5.78 Å². The summed E-state index contributed by atoms with van der Waals surface area (Å²) in [5.74, 6) is 0.702. The van der Waals surface area contributed by atoms with Crippen molar-refractivity contribution in [2.45, 2.75) is 38.2 Å². The Labute approximate surface area is 108 Å². The quantitative estimate of drug-likeness (QED) is 0.750. The molecular weight excluding hydrogens is 228 g/mol. The van der Waals surface area contributed by atoms with Crippen LogP contribution in [-0.2, 0) is 4.74 Å². The highest BCUT2D eigenvalue weighted by molar-refractivity contribution is 6.04. The fourth-order valence-corrected chi connectivity index (χ4v) is 2.74. The van der Waals surface area contributed by atoms with E-state index in [1.165, 1.54) is 0 Å². The molecule has 0 amide bonds. The molecule has 1 aromatic rings. The Morgan fingerprint density at radius 2 is 1.94 bits per heavy atom. The largest absolute Gasteiger partial charge is 0.496 e. The SMILES string of the molecule is CCOC1(C(=O)c2ccccc2OC)CCCC1. The molecule has 0 atom stereocenters. The fourth-order valence-electron chi connectivity index (χ4n) is 2.74. The van der Waals surface area contributed by atoms with Crippen LogP contribution in [0.3, 0.4) is 0 Å². The van der Waals surface area contributed by atoms with E-state index in [4.69, 9.17) is 9.47 Å². The second-order valence-corrected chi connectivity index (χ2v) is 4.66. The summed E-state index contributed by atoms with van der Waals surface area (Å²) >= 11 is 0. The molecule has 0 aliphatic heterocycles. The number of rotatable bonds is 5. The number of benzene rings is 1. The first-order valence-corrected chi connectivity index (χ1v) is 6.55. The van der Waals surface area contributed by atoms with E-state index in [1.807, 2.05) is 31.2 Å². The summed E-state index contributed by atoms with van der Waals surface area (Å²) in [5.41, 5.74) is 0.0129. The highest BCUT2D eigenvalue weighted by Crippen LogP contribution is 2.37. The van der Waals surface area contributed by atoms with E-state index < -0.39 is 5.60 Å². The molecule has 3 heteroatoms. The van der Waals surface area contributed by atoms with E-state index in [-0.39, 0.29) is 5.78 Å². The highest BCUT2D eigenvalue weighted by atomic mass is 16.5. The first-order chi connectivity index (χ1) is 8.73. The van der Waals surface area contributed by atoms with Gasteiger partial charge in [0.25, 0.3) is 0 Å². The smallest absolute Gasteiger partial charge is 0.198 e. The molecule has 1 saturated carbocycles. The molecule has 0 heterocycles. The van der Waals surface area contributed by atoms with Gasteiger partial charge in [-0.15, -0.1) is 0 Å². The summed E-state index contributed by atoms with van der Waals surface area (Å²) in [5, 5.41) is 0. The molecule has 0 aromatic heterocycles. The van der Waals surface area contributed by atoms with Crippen molar-refractivity contribution in [3.8, 4) is 5.75 Å². The second-order valence-electron chi connectivity index (χ2n) is 4.66. The summed E-state index contributed by atoms with van der Waals surface area (Å²) in [7, 11) is 1.59. The molecule has 1 aliphatic carbocycles. The van der Waals surface area contributed by atoms with Crippen molar-refractivity contribution in [1.82, 2.24) is 0 Å². The van der Waals surface area contributed by atoms with Crippen LogP contribution in [0.25, 0.3) is 0 Å². The van der Waals surface area contributed by atoms with Crippen molar-refractivity contribution in [2.24, 2.45) is 0 Å². The number of ether oxygens (including phenoxy) is 2. The summed E-state index contributed by atoms with van der Waals surface area (Å²) in [6.45, 7) is 2.51. The van der Waals surface area contributed by atoms with E-state index in [0.717, 1.165) is 25.7 Å². The summed E-state index contributed by atoms with van der Waals surface area (Å²) < 4.78 is 11.1. The molecule has 0 saturated heterocycles. The maximum Gasteiger partial charge on any atom is 0.198 e. The molecule has 0 N–H and O–H groups in total. The van der Waals surface area contributed by atoms with Crippen molar-refractivity contribution >= 4 is 5.78 Å². The van der Waals surface area contributed by atoms with Crippen molar-refractivity contribution in [3.63, 3.8) is 0 Å². The minimum Gasteiger partial charge on any atom is -0.496 e. The Balaban J connectivity index is 2.33. The van der Waals surface area contributed by atoms with Gasteiger partial charge in [-0.05, 0) is 44.7 Å². The lowest BCUT2D eigenvalue weighted by Crippen LogP contribution is -2.39. The summed E-state index contributed by atoms with van der Waals surface area (Å²) in [6.07, 6.45) is 3.75. The van der Waals surface area contributed by atoms with Gasteiger partial charge in [-0.2, -0.15) is 0 Å². The summed E-state index contributed by atoms with van der Waals surface area (Å²) in [4.78, 5) is 12.7. The Bertz CT molecular complexity index is 420. The zero-order valence-corrected chi connectivity index (χ0v) is 11.1. The van der Waals surface area contributed by atoms with Gasteiger partial charge in [0.2, 0.25) is 0 Å². The van der Waals surface area contributed by atoms with Gasteiger partial charge in [-0.1, -0.05) is 12.1 Å². The molecule has 0 spiro atoms. The topological polar surface area (TPSA) is 35.5 Å². The van der Waals surface area contributed by atoms with Crippen LogP contribution in [-0.4, -0.2) is 25.1 Å². The van der Waals surface area contributed by atoms with Gasteiger partial charge in [-0.25, -0.2) is 0 Å². The molecule has 18 heavy (non-hydrogen) atoms. The Morgan fingerprint density at radius 3 is 2.56 bits per heavy atom. The number of carbonyl (C=O) groups excluding carboxylic acids is 1. The standard InChI is InChI=1S/C15H20O3/c1-3-18-15(10-6-7-11-15)14(16)12-8-4-5-9-13(12)17-2/h4-5,8-9H,3,6-7,10-11H2,1-2H3. The predicted octanol–water partition coefficient (Wildman–Crippen LogP) is 3.23. The van der Waals surface area contributed by atoms with Crippen LogP contribution in [0.5, 0.6) is 5.75 Å². The lowest BCUT2D eigenvalue weighted by Gasteiger charge is -2.27. The van der Waals surface area contributed by atoms with Crippen molar-refractivity contribution in [3.05, 3.63) is 29.8 Å². The predicted molar refractivity (Wildman–Crippen MR) is 70.1 cm³/mol. The third-order valence-corrected chi connectivity index (χ3v) is 3.60. The molecule has 0 radical (unpaired) electrons. The van der Waals surface area contributed by atoms with Crippen LogP contribution in [0.15, 0.2) is 24.3 Å². The van der Waals surface area contributed by atoms with Gasteiger partial charge in [-0.3, -0.25) is 4.79 Å². The fraction of sp³-hybridized carbons (Fsp3) is 0.533. The third kappa shape index (κ3) is 2.27. The van der Waals surface area contributed by atoms with Gasteiger partial charge in [0.1, 0.15) is 11.4 Å². The van der Waals surface area contributed by atoms with Crippen molar-refractivity contribution in [2.75, 3.05) is 13.7 Å². The monoisotopic (exact) mass is 248 g/mol. The van der Waals surface area contributed by atoms with Crippen LogP contribution in [0.4, 0.5) is 0 Å². The zero-order valence-electron chi connectivity index (χ0n) is 11.1. The highest BCUT2D eigenvalue weighted by Gasteiger charge is 2.43. The summed E-state index contributed by atoms with van der Waals surface area (Å²) in [6, 6.07) is 7.38. The molecule has 0 bridgehead atoms. The number of carbonyl (C=O) groups is 1. The molecule has 0 unspecified atom stereocenters. The van der Waals surface area contributed by atoms with Crippen LogP contribution < -0.4 is 4.74 Å². The normalized spacial score (nSPS) is 17.7. The molecular formula is C15H20O3. The van der Waals surface area contributed by atoms with Gasteiger partial charge in [0.05, 0.1) is 12.7 Å². The first kappa shape index (κ1) is 13.1. The van der Waals surface area contributed by atoms with Crippen LogP contribution in [0, 0.1) is 0 Å². The number of Topliss-reactive ketones (excluding diaryl/α,β-unsaturated/α-hetero) is 1. The van der Waals surface area contributed by atoms with Gasteiger partial charge in [0, 0.05) is 6.61 Å². The molecule has 1 aromatic carbocycles. The number of ketones is 1. The zero-order chi connectivity index (χ0) is 13.0. The minimum atomic E-state index is -0.622. The van der Waals surface area contributed by atoms with E-state index in [0.29, 0.717) is 17.9 Å². The van der Waals surface area contributed by atoms with Crippen LogP contribution in [0.1, 0.15) is 43.0 Å². The first-order valence-electron chi connectivity index (χ1n) is 6.55. The average Bonchev–Trinajstić information content (AvgIpc) is 2.88. The number of methoxy groups -OCH3 is 1. The lowest BCUT2D eigenvalue weighted by molar-refractivity contribution is -0.0165. The minimum absolute atomic E-state index is 0.0688. The van der Waals surface area contributed by atoms with E-state index in [1.54, 1.807) is 7.11 Å². The lowest BCUT2D eigenvalue weighted by atomic mass is 9.90. The van der Waals surface area contributed by atoms with E-state index in [9.17, 15) is 4.79 Å². The maximum absolute atomic E-state index is 12.7. The Kier molecular flexibility index (Phi) is 4.02. The third-order valence-electron chi connectivity index (χ3n) is 3.60. The number of para-hydroxylation sites is 1. The van der Waals surface area contributed by atoms with E-state index in [2.05, 4.69) is 0 Å². The molecule has 1 aliphatic rings. The molecule has 98 valence electrons. The average molecular weight is 248 g/mol. The Hall–Kier alpha value is -1.35. The molecule has 2 rings (SSSR count). The van der Waals surface area contributed by atoms with Crippen molar-refractivity contribution in [1.29, 1.82) is 0 Å². The van der Waals surface area contributed by atoms with Crippen LogP contribution >= 0.6 is 0 Å². The van der Waals surface area contributed by atoms with Crippen molar-refractivity contribution < 1.29 is 14.3 Å². The Morgan fingerprint density at radius 1 is 1.28 bits per heavy atom. The number of hydrogen-bond donors (Lipinski definition) is 0. The second kappa shape index (κ2) is 5.53. The van der Waals surface area contributed by atoms with E-state index >= 15 is 0 Å².